The van der Waals surface area contributed by atoms with Crippen LogP contribution in [0.3, 0.4) is 0 Å². The Morgan fingerprint density at radius 2 is 1.75 bits per heavy atom. The maximum atomic E-state index is 2.12. The summed E-state index contributed by atoms with van der Waals surface area (Å²) >= 11 is 1.72. The standard InChI is InChI=1S/C6H5AtS/c7-8-6-4-2-1-3-5-6/h1-5H. The Morgan fingerprint density at radius 1 is 1.12 bits per heavy atom. The van der Waals surface area contributed by atoms with Gasteiger partial charge in [-0.25, -0.2) is 0 Å². The predicted octanol–water partition coefficient (Wildman–Crippen LogP) is 2.24. The number of rotatable bonds is 1. The fraction of sp³-hybridized carbons (Fsp3) is 0. The Kier molecular flexibility index (Phi) is 2.85. The third-order valence-corrected chi connectivity index (χ3v) is 3.36. The molecule has 0 fully saturated rings. The summed E-state index contributed by atoms with van der Waals surface area (Å²) in [5.74, 6) is 0. The first-order valence-electron chi connectivity index (χ1n) is 2.27. The van der Waals surface area contributed by atoms with E-state index in [4.69, 9.17) is 0 Å². The van der Waals surface area contributed by atoms with Crippen molar-refractivity contribution in [2.75, 3.05) is 0 Å². The zero-order valence-corrected chi connectivity index (χ0v) is 7.93. The van der Waals surface area contributed by atoms with Crippen molar-refractivity contribution in [1.82, 2.24) is 0 Å². The number of hydrogen-bond donors (Lipinski definition) is 0. The van der Waals surface area contributed by atoms with Gasteiger partial charge in [-0.15, -0.1) is 0 Å². The van der Waals surface area contributed by atoms with E-state index >= 15 is 0 Å². The second-order valence-electron chi connectivity index (χ2n) is 1.39. The third-order valence-electron chi connectivity index (χ3n) is 0.832. The van der Waals surface area contributed by atoms with Gasteiger partial charge < -0.3 is 0 Å². The van der Waals surface area contributed by atoms with Gasteiger partial charge in [-0.3, -0.25) is 0 Å². The normalized spacial score (nSPS) is 9.12. The van der Waals surface area contributed by atoms with Gasteiger partial charge in [0.15, 0.2) is 0 Å². The number of benzene rings is 1. The molecule has 0 unspecified atom stereocenters. The molecule has 0 aliphatic heterocycles. The van der Waals surface area contributed by atoms with Gasteiger partial charge >= 0.3 is 67.0 Å². The summed E-state index contributed by atoms with van der Waals surface area (Å²) in [6, 6.07) is 10.4. The summed E-state index contributed by atoms with van der Waals surface area (Å²) in [7, 11) is 1.82. The Morgan fingerprint density at radius 3 is 2.12 bits per heavy atom. The van der Waals surface area contributed by atoms with Gasteiger partial charge in [0.05, 0.1) is 0 Å². The maximum absolute atomic E-state index is 2.12. The van der Waals surface area contributed by atoms with Gasteiger partial charge in [0.1, 0.15) is 0 Å². The van der Waals surface area contributed by atoms with Crippen LogP contribution in [0.1, 0.15) is 0 Å². The molecule has 2 heteroatoms. The first-order chi connectivity index (χ1) is 3.93. The monoisotopic (exact) mass is 319 g/mol. The summed E-state index contributed by atoms with van der Waals surface area (Å²) in [5, 5.41) is 0. The molecular weight excluding hydrogens is 314 g/mol. The Balaban J connectivity index is 2.83. The molecule has 1 aromatic rings. The molecular formula is C6H5AtS. The second-order valence-corrected chi connectivity index (χ2v) is 3.82. The van der Waals surface area contributed by atoms with Gasteiger partial charge in [0.25, 0.3) is 0 Å². The van der Waals surface area contributed by atoms with Crippen LogP contribution in [0.5, 0.6) is 0 Å². The van der Waals surface area contributed by atoms with Crippen molar-refractivity contribution in [2.45, 2.75) is 4.90 Å². The second kappa shape index (κ2) is 3.47. The van der Waals surface area contributed by atoms with E-state index in [0.29, 0.717) is 0 Å². The van der Waals surface area contributed by atoms with Crippen molar-refractivity contribution in [3.05, 3.63) is 30.3 Å². The molecule has 0 atom stereocenters. The molecule has 0 radical (unpaired) electrons. The molecule has 42 valence electrons. The summed E-state index contributed by atoms with van der Waals surface area (Å²) in [6.45, 7) is 0. The van der Waals surface area contributed by atoms with E-state index < -0.39 is 0 Å². The molecule has 0 bridgehead atoms. The van der Waals surface area contributed by atoms with Crippen LogP contribution in [-0.2, 0) is 0 Å². The van der Waals surface area contributed by atoms with Gasteiger partial charge in [-0.2, -0.15) is 0 Å². The summed E-state index contributed by atoms with van der Waals surface area (Å²) in [5.41, 5.74) is 0. The van der Waals surface area contributed by atoms with Crippen molar-refractivity contribution >= 4 is 8.52 Å². The van der Waals surface area contributed by atoms with Crippen molar-refractivity contribution in [3.8, 4) is 0 Å². The van der Waals surface area contributed by atoms with Crippen LogP contribution in [0, 0.1) is 23.3 Å². The number of hydrogen-bond acceptors (Lipinski definition) is 1. The van der Waals surface area contributed by atoms with Crippen LogP contribution < -0.4 is 0 Å². The zero-order valence-electron chi connectivity index (χ0n) is 4.17. The molecule has 0 N–H and O–H groups in total. The predicted molar refractivity (Wildman–Crippen MR) is 32.3 cm³/mol. The molecule has 0 saturated carbocycles. The van der Waals surface area contributed by atoms with Crippen molar-refractivity contribution in [2.24, 2.45) is 0 Å². The summed E-state index contributed by atoms with van der Waals surface area (Å²) in [4.78, 5) is 1.35. The molecule has 1 rings (SSSR count). The fourth-order valence-electron chi connectivity index (χ4n) is 0.472. The van der Waals surface area contributed by atoms with Crippen LogP contribution in [0.15, 0.2) is 35.2 Å². The summed E-state index contributed by atoms with van der Waals surface area (Å²) in [6.07, 6.45) is 0. The Bertz CT molecular complexity index is 150. The van der Waals surface area contributed by atoms with Crippen molar-refractivity contribution in [1.29, 1.82) is 0 Å². The molecule has 1 aromatic carbocycles. The SMILES string of the molecule is [At]Sc1ccccc1. The molecule has 0 saturated heterocycles. The van der Waals surface area contributed by atoms with Gasteiger partial charge in [0, 0.05) is 0 Å². The van der Waals surface area contributed by atoms with E-state index in [1.54, 1.807) is 23.3 Å². The molecule has 0 aliphatic carbocycles. The molecule has 0 amide bonds. The molecule has 0 heterocycles. The van der Waals surface area contributed by atoms with E-state index in [9.17, 15) is 0 Å². The van der Waals surface area contributed by atoms with Crippen molar-refractivity contribution in [3.63, 3.8) is 0 Å². The first-order valence-corrected chi connectivity index (χ1v) is 6.59. The third kappa shape index (κ3) is 1.76. The van der Waals surface area contributed by atoms with E-state index in [1.807, 2.05) is 14.6 Å². The topological polar surface area (TPSA) is 0 Å². The quantitative estimate of drug-likeness (QED) is 0.765. The van der Waals surface area contributed by atoms with Crippen LogP contribution in [0.4, 0.5) is 0 Å². The average molecular weight is 319 g/mol. The van der Waals surface area contributed by atoms with E-state index in [1.165, 1.54) is 4.90 Å². The molecule has 8 heavy (non-hydrogen) atoms. The molecule has 0 nitrogen and oxygen atoms in total. The summed E-state index contributed by atoms with van der Waals surface area (Å²) < 4.78 is 0. The van der Waals surface area contributed by atoms with Crippen LogP contribution in [0.25, 0.3) is 0 Å². The fourth-order valence-corrected chi connectivity index (χ4v) is 1.93. The minimum atomic E-state index is 1.35. The van der Waals surface area contributed by atoms with Gasteiger partial charge in [-0.05, 0) is 0 Å². The Hall–Kier alpha value is 0.453. The molecule has 0 aliphatic rings. The molecule has 0 spiro atoms. The zero-order chi connectivity index (χ0) is 5.82. The van der Waals surface area contributed by atoms with Crippen LogP contribution >= 0.6 is 8.52 Å². The van der Waals surface area contributed by atoms with Gasteiger partial charge in [-0.1, -0.05) is 0 Å². The van der Waals surface area contributed by atoms with Crippen LogP contribution in [0.2, 0.25) is 0 Å². The van der Waals surface area contributed by atoms with E-state index in [2.05, 4.69) is 24.3 Å². The molecule has 0 aromatic heterocycles. The van der Waals surface area contributed by atoms with E-state index in [-0.39, 0.29) is 0 Å². The average Bonchev–Trinajstić information content (AvgIpc) is 1.90. The first kappa shape index (κ1) is 6.57. The van der Waals surface area contributed by atoms with Gasteiger partial charge in [0.2, 0.25) is 0 Å². The van der Waals surface area contributed by atoms with Crippen LogP contribution in [-0.4, -0.2) is 0 Å². The van der Waals surface area contributed by atoms with E-state index in [0.717, 1.165) is 0 Å². The van der Waals surface area contributed by atoms with Crippen molar-refractivity contribution < 1.29 is 23.3 Å². The minimum absolute atomic E-state index is 1.35. The Labute approximate surface area is 66.8 Å².